The van der Waals surface area contributed by atoms with Crippen LogP contribution in [0.5, 0.6) is 5.75 Å². The number of benzene rings is 1. The molecule has 0 aliphatic carbocycles. The van der Waals surface area contributed by atoms with Crippen molar-refractivity contribution in [2.24, 2.45) is 0 Å². The normalized spacial score (nSPS) is 16.9. The van der Waals surface area contributed by atoms with Crippen LogP contribution in [0.1, 0.15) is 19.4 Å². The summed E-state index contributed by atoms with van der Waals surface area (Å²) >= 11 is 0. The van der Waals surface area contributed by atoms with E-state index >= 15 is 0 Å². The van der Waals surface area contributed by atoms with Gasteiger partial charge in [-0.05, 0) is 44.2 Å². The molecule has 0 N–H and O–H groups in total. The highest BCUT2D eigenvalue weighted by atomic mass is 16.5. The first-order chi connectivity index (χ1) is 7.66. The average molecular weight is 211 g/mol. The van der Waals surface area contributed by atoms with Gasteiger partial charge >= 0.3 is 0 Å². The maximum absolute atomic E-state index is 6.01. The van der Waals surface area contributed by atoms with Crippen molar-refractivity contribution in [2.45, 2.75) is 19.4 Å². The Morgan fingerprint density at radius 1 is 1.19 bits per heavy atom. The number of fused-ring (bicyclic) bond motifs is 3. The van der Waals surface area contributed by atoms with Crippen molar-refractivity contribution in [3.63, 3.8) is 0 Å². The molecule has 2 heterocycles. The fraction of sp³-hybridized carbons (Fsp3) is 0.214. The topological polar surface area (TPSA) is 22.1 Å². The monoisotopic (exact) mass is 211 g/mol. The SMILES string of the molecule is CC1(C)C=Cc2ccc3ncccc3c2O1. The van der Waals surface area contributed by atoms with E-state index in [0.717, 1.165) is 22.2 Å². The molecule has 0 saturated heterocycles. The Kier molecular flexibility index (Phi) is 1.81. The van der Waals surface area contributed by atoms with Crippen LogP contribution >= 0.6 is 0 Å². The van der Waals surface area contributed by atoms with Gasteiger partial charge in [-0.25, -0.2) is 0 Å². The van der Waals surface area contributed by atoms with Crippen molar-refractivity contribution in [3.05, 3.63) is 42.1 Å². The molecule has 0 unspecified atom stereocenters. The minimum absolute atomic E-state index is 0.239. The second-order valence-corrected chi connectivity index (χ2v) is 4.59. The van der Waals surface area contributed by atoms with Crippen LogP contribution in [0.2, 0.25) is 0 Å². The lowest BCUT2D eigenvalue weighted by molar-refractivity contribution is 0.161. The number of nitrogens with zero attached hydrogens (tertiary/aromatic N) is 1. The summed E-state index contributed by atoms with van der Waals surface area (Å²) in [6.45, 7) is 4.11. The lowest BCUT2D eigenvalue weighted by atomic mass is 10.0. The van der Waals surface area contributed by atoms with E-state index in [1.54, 1.807) is 6.20 Å². The van der Waals surface area contributed by atoms with Gasteiger partial charge in [-0.15, -0.1) is 0 Å². The molecule has 0 atom stereocenters. The second kappa shape index (κ2) is 3.08. The zero-order chi connectivity index (χ0) is 11.2. The number of hydrogen-bond acceptors (Lipinski definition) is 2. The number of aromatic nitrogens is 1. The maximum atomic E-state index is 6.01. The van der Waals surface area contributed by atoms with Crippen molar-refractivity contribution < 1.29 is 4.74 Å². The third-order valence-corrected chi connectivity index (χ3v) is 2.80. The molecule has 0 spiro atoms. The van der Waals surface area contributed by atoms with E-state index in [9.17, 15) is 0 Å². The Hall–Kier alpha value is -1.83. The van der Waals surface area contributed by atoms with Gasteiger partial charge in [0.2, 0.25) is 0 Å². The first kappa shape index (κ1) is 9.40. The highest BCUT2D eigenvalue weighted by Crippen LogP contribution is 2.36. The molecule has 1 aromatic carbocycles. The minimum Gasteiger partial charge on any atom is -0.482 e. The molecule has 80 valence electrons. The van der Waals surface area contributed by atoms with Crippen molar-refractivity contribution in [1.82, 2.24) is 4.98 Å². The zero-order valence-corrected chi connectivity index (χ0v) is 9.40. The third-order valence-electron chi connectivity index (χ3n) is 2.80. The van der Waals surface area contributed by atoms with E-state index in [1.807, 2.05) is 12.1 Å². The Morgan fingerprint density at radius 2 is 2.06 bits per heavy atom. The molecule has 3 rings (SSSR count). The first-order valence-electron chi connectivity index (χ1n) is 5.42. The summed E-state index contributed by atoms with van der Waals surface area (Å²) in [5.74, 6) is 0.943. The summed E-state index contributed by atoms with van der Waals surface area (Å²) in [4.78, 5) is 4.33. The van der Waals surface area contributed by atoms with Gasteiger partial charge in [0, 0.05) is 17.1 Å². The van der Waals surface area contributed by atoms with E-state index < -0.39 is 0 Å². The van der Waals surface area contributed by atoms with Crippen molar-refractivity contribution in [3.8, 4) is 5.75 Å². The predicted octanol–water partition coefficient (Wildman–Crippen LogP) is 3.42. The van der Waals surface area contributed by atoms with E-state index in [-0.39, 0.29) is 5.60 Å². The number of rotatable bonds is 0. The highest BCUT2D eigenvalue weighted by molar-refractivity contribution is 5.89. The van der Waals surface area contributed by atoms with Gasteiger partial charge in [0.05, 0.1) is 5.52 Å². The summed E-state index contributed by atoms with van der Waals surface area (Å²) in [6.07, 6.45) is 6.00. The molecule has 2 nitrogen and oxygen atoms in total. The molecule has 0 saturated carbocycles. The van der Waals surface area contributed by atoms with Crippen LogP contribution in [0.4, 0.5) is 0 Å². The Labute approximate surface area is 94.6 Å². The fourth-order valence-corrected chi connectivity index (χ4v) is 1.97. The van der Waals surface area contributed by atoms with Crippen molar-refractivity contribution in [1.29, 1.82) is 0 Å². The molecule has 0 fully saturated rings. The minimum atomic E-state index is -0.239. The summed E-state index contributed by atoms with van der Waals surface area (Å²) in [7, 11) is 0. The number of hydrogen-bond donors (Lipinski definition) is 0. The van der Waals surface area contributed by atoms with Crippen LogP contribution < -0.4 is 4.74 Å². The maximum Gasteiger partial charge on any atom is 0.137 e. The van der Waals surface area contributed by atoms with Crippen LogP contribution in [-0.2, 0) is 0 Å². The van der Waals surface area contributed by atoms with Crippen LogP contribution in [-0.4, -0.2) is 10.6 Å². The Morgan fingerprint density at radius 3 is 2.94 bits per heavy atom. The first-order valence-corrected chi connectivity index (χ1v) is 5.42. The van der Waals surface area contributed by atoms with Crippen LogP contribution in [0.3, 0.4) is 0 Å². The highest BCUT2D eigenvalue weighted by Gasteiger charge is 2.23. The van der Waals surface area contributed by atoms with E-state index in [0.29, 0.717) is 0 Å². The number of ether oxygens (including phenoxy) is 1. The molecule has 0 amide bonds. The molecule has 16 heavy (non-hydrogen) atoms. The van der Waals surface area contributed by atoms with E-state index in [4.69, 9.17) is 4.74 Å². The van der Waals surface area contributed by atoms with Gasteiger partial charge in [0.15, 0.2) is 0 Å². The van der Waals surface area contributed by atoms with Gasteiger partial charge in [0.1, 0.15) is 11.4 Å². The average Bonchev–Trinajstić information content (AvgIpc) is 2.28. The Bertz CT molecular complexity index is 584. The lowest BCUT2D eigenvalue weighted by Gasteiger charge is -2.28. The summed E-state index contributed by atoms with van der Waals surface area (Å²) in [5.41, 5.74) is 1.86. The zero-order valence-electron chi connectivity index (χ0n) is 9.40. The lowest BCUT2D eigenvalue weighted by Crippen LogP contribution is -2.27. The van der Waals surface area contributed by atoms with E-state index in [2.05, 4.69) is 43.1 Å². The molecule has 1 aliphatic heterocycles. The molecular formula is C14H13NO. The summed E-state index contributed by atoms with van der Waals surface area (Å²) in [6, 6.07) is 8.07. The molecule has 1 aliphatic rings. The van der Waals surface area contributed by atoms with Gasteiger partial charge in [0.25, 0.3) is 0 Å². The van der Waals surface area contributed by atoms with Crippen molar-refractivity contribution in [2.75, 3.05) is 0 Å². The molecule has 2 heteroatoms. The van der Waals surface area contributed by atoms with Crippen LogP contribution in [0, 0.1) is 0 Å². The summed E-state index contributed by atoms with van der Waals surface area (Å²) < 4.78 is 6.01. The van der Waals surface area contributed by atoms with Crippen LogP contribution in [0.15, 0.2) is 36.5 Å². The number of pyridine rings is 1. The second-order valence-electron chi connectivity index (χ2n) is 4.59. The summed E-state index contributed by atoms with van der Waals surface area (Å²) in [5, 5.41) is 1.08. The van der Waals surface area contributed by atoms with E-state index in [1.165, 1.54) is 0 Å². The third kappa shape index (κ3) is 1.38. The largest absolute Gasteiger partial charge is 0.482 e. The van der Waals surface area contributed by atoms with Gasteiger partial charge < -0.3 is 4.74 Å². The van der Waals surface area contributed by atoms with Gasteiger partial charge in [-0.1, -0.05) is 6.08 Å². The van der Waals surface area contributed by atoms with Crippen molar-refractivity contribution >= 4 is 17.0 Å². The molecule has 2 aromatic rings. The predicted molar refractivity (Wildman–Crippen MR) is 65.5 cm³/mol. The van der Waals surface area contributed by atoms with Crippen LogP contribution in [0.25, 0.3) is 17.0 Å². The Balaban J connectivity index is 2.31. The standard InChI is InChI=1S/C14H13NO/c1-14(2)8-7-10-5-6-12-11(13(10)16-14)4-3-9-15-12/h3-9H,1-2H3. The quantitative estimate of drug-likeness (QED) is 0.666. The molecular weight excluding hydrogens is 198 g/mol. The van der Waals surface area contributed by atoms with Gasteiger partial charge in [-0.2, -0.15) is 0 Å². The fourth-order valence-electron chi connectivity index (χ4n) is 1.97. The molecule has 0 radical (unpaired) electrons. The molecule has 0 bridgehead atoms. The smallest absolute Gasteiger partial charge is 0.137 e. The molecule has 1 aromatic heterocycles. The van der Waals surface area contributed by atoms with Gasteiger partial charge in [-0.3, -0.25) is 4.98 Å².